The van der Waals surface area contributed by atoms with Gasteiger partial charge in [-0.25, -0.2) is 31.7 Å². The highest BCUT2D eigenvalue weighted by Crippen LogP contribution is 2.27. The van der Waals surface area contributed by atoms with Crippen LogP contribution in [-0.2, 0) is 9.53 Å². The molecule has 9 heteroatoms. The van der Waals surface area contributed by atoms with Crippen LogP contribution in [0.3, 0.4) is 0 Å². The quantitative estimate of drug-likeness (QED) is 0.272. The van der Waals surface area contributed by atoms with Gasteiger partial charge in [0.1, 0.15) is 5.75 Å². The minimum atomic E-state index is -2.29. The maximum Gasteiger partial charge on any atom is 0.363 e. The average Bonchev–Trinajstić information content (AvgIpc) is 3.02. The number of carbonyl (C=O) groups excluding carboxylic acids is 1. The Kier molecular flexibility index (Phi) is 4.45. The van der Waals surface area contributed by atoms with E-state index in [4.69, 9.17) is 9.47 Å². The first kappa shape index (κ1) is 17.6. The summed E-state index contributed by atoms with van der Waals surface area (Å²) in [6.07, 6.45) is 0.440. The smallest absolute Gasteiger partial charge is 0.363 e. The van der Waals surface area contributed by atoms with Gasteiger partial charge in [0.05, 0.1) is 12.7 Å². The minimum absolute atomic E-state index is 0.187. The normalized spacial score (nSPS) is 15.2. The maximum absolute atomic E-state index is 13.7. The molecule has 0 aromatic heterocycles. The number of cyclic esters (lactones) is 1. The number of ether oxygens (including phenoxy) is 2. The van der Waals surface area contributed by atoms with Crippen molar-refractivity contribution in [3.05, 3.63) is 70.2 Å². The molecule has 3 rings (SSSR count). The molecule has 1 aliphatic heterocycles. The highest BCUT2D eigenvalue weighted by molar-refractivity contribution is 6.12. The Labute approximate surface area is 143 Å². The maximum atomic E-state index is 13.7. The number of aliphatic imine (C=N–C) groups is 1. The highest BCUT2D eigenvalue weighted by atomic mass is 19.2. The highest BCUT2D eigenvalue weighted by Gasteiger charge is 2.29. The summed E-state index contributed by atoms with van der Waals surface area (Å²) in [5, 5.41) is 0. The van der Waals surface area contributed by atoms with Crippen LogP contribution in [-0.4, -0.2) is 19.0 Å². The fourth-order valence-electron chi connectivity index (χ4n) is 2.15. The van der Waals surface area contributed by atoms with Gasteiger partial charge in [-0.2, -0.15) is 0 Å². The van der Waals surface area contributed by atoms with Crippen LogP contribution in [0, 0.1) is 29.1 Å². The number of halogens is 5. The Morgan fingerprint density at radius 3 is 2.00 bits per heavy atom. The van der Waals surface area contributed by atoms with Gasteiger partial charge in [0.15, 0.2) is 29.0 Å². The SMILES string of the molecule is COc1ccc(C2=N/C(=C\c3c(F)c(F)c(F)c(F)c3F)C(=O)O2)cc1. The van der Waals surface area contributed by atoms with Gasteiger partial charge in [0.2, 0.25) is 11.7 Å². The zero-order chi connectivity index (χ0) is 19.0. The van der Waals surface area contributed by atoms with Crippen LogP contribution < -0.4 is 4.74 Å². The lowest BCUT2D eigenvalue weighted by Crippen LogP contribution is -2.06. The van der Waals surface area contributed by atoms with Crippen molar-refractivity contribution in [2.45, 2.75) is 0 Å². The Balaban J connectivity index is 2.04. The molecule has 0 aliphatic carbocycles. The molecule has 0 bridgehead atoms. The predicted molar refractivity (Wildman–Crippen MR) is 79.8 cm³/mol. The van der Waals surface area contributed by atoms with Crippen molar-refractivity contribution in [1.29, 1.82) is 0 Å². The lowest BCUT2D eigenvalue weighted by Gasteiger charge is -2.04. The Bertz CT molecular complexity index is 938. The van der Waals surface area contributed by atoms with Crippen LogP contribution in [0.25, 0.3) is 6.08 Å². The van der Waals surface area contributed by atoms with Gasteiger partial charge >= 0.3 is 5.97 Å². The molecule has 0 radical (unpaired) electrons. The number of rotatable bonds is 3. The molecule has 134 valence electrons. The number of hydrogen-bond acceptors (Lipinski definition) is 4. The Morgan fingerprint density at radius 1 is 0.923 bits per heavy atom. The summed E-state index contributed by atoms with van der Waals surface area (Å²) < 4.78 is 76.8. The summed E-state index contributed by atoms with van der Waals surface area (Å²) in [7, 11) is 1.45. The van der Waals surface area contributed by atoms with Crippen molar-refractivity contribution in [3.8, 4) is 5.75 Å². The first-order valence-electron chi connectivity index (χ1n) is 7.02. The molecule has 0 saturated carbocycles. The Hall–Kier alpha value is -3.23. The number of benzene rings is 2. The second-order valence-corrected chi connectivity index (χ2v) is 5.05. The molecule has 0 fully saturated rings. The molecule has 4 nitrogen and oxygen atoms in total. The zero-order valence-corrected chi connectivity index (χ0v) is 12.9. The predicted octanol–water partition coefficient (Wildman–Crippen LogP) is 3.74. The van der Waals surface area contributed by atoms with Crippen LogP contribution in [0.4, 0.5) is 22.0 Å². The Morgan fingerprint density at radius 2 is 1.46 bits per heavy atom. The number of nitrogens with zero attached hydrogens (tertiary/aromatic N) is 1. The van der Waals surface area contributed by atoms with E-state index in [0.29, 0.717) is 17.4 Å². The number of hydrogen-bond donors (Lipinski definition) is 0. The monoisotopic (exact) mass is 369 g/mol. The van der Waals surface area contributed by atoms with Crippen LogP contribution >= 0.6 is 0 Å². The first-order chi connectivity index (χ1) is 12.3. The van der Waals surface area contributed by atoms with Gasteiger partial charge in [-0.1, -0.05) is 0 Å². The van der Waals surface area contributed by atoms with Crippen LogP contribution in [0.15, 0.2) is 35.0 Å². The lowest BCUT2D eigenvalue weighted by molar-refractivity contribution is -0.129. The molecular weight excluding hydrogens is 361 g/mol. The summed E-state index contributed by atoms with van der Waals surface area (Å²) in [6, 6.07) is 6.12. The molecule has 26 heavy (non-hydrogen) atoms. The molecule has 2 aromatic carbocycles. The molecule has 0 N–H and O–H groups in total. The standard InChI is InChI=1S/C17H8F5NO3/c1-25-8-4-2-7(3-5-8)16-23-10(17(24)26-16)6-9-11(18)13(20)15(22)14(21)12(9)19/h2-6H,1H3/b10-6-. The third kappa shape index (κ3) is 2.92. The summed E-state index contributed by atoms with van der Waals surface area (Å²) >= 11 is 0. The van der Waals surface area contributed by atoms with Crippen LogP contribution in [0.2, 0.25) is 0 Å². The molecule has 0 spiro atoms. The van der Waals surface area contributed by atoms with E-state index in [0.717, 1.165) is 0 Å². The third-order valence-electron chi connectivity index (χ3n) is 3.48. The second kappa shape index (κ2) is 6.58. The van der Waals surface area contributed by atoms with E-state index in [2.05, 4.69) is 4.99 Å². The van der Waals surface area contributed by atoms with Gasteiger partial charge in [-0.3, -0.25) is 0 Å². The largest absolute Gasteiger partial charge is 0.497 e. The van der Waals surface area contributed by atoms with Crippen molar-refractivity contribution < 1.29 is 36.2 Å². The average molecular weight is 369 g/mol. The second-order valence-electron chi connectivity index (χ2n) is 5.05. The third-order valence-corrected chi connectivity index (χ3v) is 3.48. The van der Waals surface area contributed by atoms with Crippen LogP contribution in [0.5, 0.6) is 5.75 Å². The minimum Gasteiger partial charge on any atom is -0.497 e. The van der Waals surface area contributed by atoms with Gasteiger partial charge in [0.25, 0.3) is 0 Å². The fraction of sp³-hybridized carbons (Fsp3) is 0.0588. The van der Waals surface area contributed by atoms with Crippen molar-refractivity contribution in [3.63, 3.8) is 0 Å². The molecule has 1 heterocycles. The van der Waals surface area contributed by atoms with E-state index < -0.39 is 46.3 Å². The van der Waals surface area contributed by atoms with Crippen molar-refractivity contribution >= 4 is 17.9 Å². The van der Waals surface area contributed by atoms with E-state index >= 15 is 0 Å². The van der Waals surface area contributed by atoms with E-state index in [9.17, 15) is 26.7 Å². The lowest BCUT2D eigenvalue weighted by atomic mass is 10.1. The summed E-state index contributed by atoms with van der Waals surface area (Å²) in [4.78, 5) is 15.6. The van der Waals surface area contributed by atoms with Gasteiger partial charge in [-0.15, -0.1) is 0 Å². The fourth-order valence-corrected chi connectivity index (χ4v) is 2.15. The van der Waals surface area contributed by atoms with Crippen molar-refractivity contribution in [2.24, 2.45) is 4.99 Å². The molecule has 0 amide bonds. The van der Waals surface area contributed by atoms with E-state index in [-0.39, 0.29) is 5.90 Å². The first-order valence-corrected chi connectivity index (χ1v) is 7.02. The van der Waals surface area contributed by atoms with Crippen LogP contribution in [0.1, 0.15) is 11.1 Å². The molecule has 0 saturated heterocycles. The van der Waals surface area contributed by atoms with Gasteiger partial charge < -0.3 is 9.47 Å². The summed E-state index contributed by atoms with van der Waals surface area (Å²) in [5.74, 6) is -11.4. The van der Waals surface area contributed by atoms with E-state index in [1.807, 2.05) is 0 Å². The van der Waals surface area contributed by atoms with Crippen molar-refractivity contribution in [2.75, 3.05) is 7.11 Å². The van der Waals surface area contributed by atoms with Gasteiger partial charge in [0, 0.05) is 5.56 Å². The van der Waals surface area contributed by atoms with Crippen molar-refractivity contribution in [1.82, 2.24) is 0 Å². The summed E-state index contributed by atoms with van der Waals surface area (Å²) in [6.45, 7) is 0. The number of carbonyl (C=O) groups is 1. The summed E-state index contributed by atoms with van der Waals surface area (Å²) in [5.41, 5.74) is -1.55. The molecule has 0 unspecified atom stereocenters. The topological polar surface area (TPSA) is 47.9 Å². The number of esters is 1. The van der Waals surface area contributed by atoms with Gasteiger partial charge in [-0.05, 0) is 30.3 Å². The molecular formula is C17H8F5NO3. The molecule has 1 aliphatic rings. The van der Waals surface area contributed by atoms with E-state index in [1.54, 1.807) is 12.1 Å². The number of methoxy groups -OCH3 is 1. The molecule has 2 aromatic rings. The molecule has 0 atom stereocenters. The zero-order valence-electron chi connectivity index (χ0n) is 12.9. The van der Waals surface area contributed by atoms with E-state index in [1.165, 1.54) is 19.2 Å².